The fourth-order valence-corrected chi connectivity index (χ4v) is 5.10. The van der Waals surface area contributed by atoms with Gasteiger partial charge >= 0.3 is 7.60 Å². The minimum atomic E-state index is -5.18. The summed E-state index contributed by atoms with van der Waals surface area (Å²) in [5.41, 5.74) is 0.245. The molecule has 3 unspecified atom stereocenters. The van der Waals surface area contributed by atoms with Gasteiger partial charge in [0.1, 0.15) is 0 Å². The minimum absolute atomic E-state index is 0.245. The van der Waals surface area contributed by atoms with E-state index >= 15 is 0 Å². The third-order valence-corrected chi connectivity index (χ3v) is 7.99. The largest absolute Gasteiger partial charge is 0.369 e. The molecular weight excluding hydrogens is 287 g/mol. The van der Waals surface area contributed by atoms with Crippen molar-refractivity contribution in [1.29, 1.82) is 0 Å². The Morgan fingerprint density at radius 1 is 1.35 bits per heavy atom. The molecule has 17 heavy (non-hydrogen) atoms. The van der Waals surface area contributed by atoms with Gasteiger partial charge < -0.3 is 19.8 Å². The van der Waals surface area contributed by atoms with Gasteiger partial charge in [0.25, 0.3) is 7.06 Å². The zero-order chi connectivity index (χ0) is 13.3. The van der Waals surface area contributed by atoms with Crippen LogP contribution in [-0.4, -0.2) is 29.9 Å². The summed E-state index contributed by atoms with van der Waals surface area (Å²) < 4.78 is 22.6. The Morgan fingerprint density at radius 3 is 2.29 bits per heavy atom. The van der Waals surface area contributed by atoms with Gasteiger partial charge in [-0.1, -0.05) is 6.07 Å². The summed E-state index contributed by atoms with van der Waals surface area (Å²) in [5, 5.41) is 6.79. The number of nitrogens with zero attached hydrogens (tertiary/aromatic N) is 1. The van der Waals surface area contributed by atoms with Crippen LogP contribution in [-0.2, 0) is 15.6 Å². The number of aromatic nitrogens is 1. The van der Waals surface area contributed by atoms with Crippen LogP contribution in [0.1, 0.15) is 5.56 Å². The molecular formula is C7H12NO6P3. The van der Waals surface area contributed by atoms with E-state index in [1.165, 1.54) is 33.5 Å². The molecule has 1 aromatic rings. The third-order valence-electron chi connectivity index (χ3n) is 2.14. The van der Waals surface area contributed by atoms with Crippen LogP contribution in [0.3, 0.4) is 0 Å². The smallest absolute Gasteiger partial charge is 0.367 e. The van der Waals surface area contributed by atoms with Crippen molar-refractivity contribution in [2.45, 2.75) is 11.5 Å². The lowest BCUT2D eigenvalue weighted by Crippen LogP contribution is -2.29. The molecule has 96 valence electrons. The number of pyridine rings is 1. The normalized spacial score (nSPS) is 19.4. The standard InChI is InChI=1S/C7H12NO6P3/c9-7(16(10,11)12,17(13,14)15)4-6-2-1-3-8-5-6/h1-3,5,9H,4,15H2,(H,13,14)(H2,10,11,12). The van der Waals surface area contributed by atoms with Gasteiger partial charge in [-0.3, -0.25) is 14.1 Å². The molecule has 0 aliphatic heterocycles. The van der Waals surface area contributed by atoms with Crippen molar-refractivity contribution in [2.24, 2.45) is 0 Å². The van der Waals surface area contributed by atoms with Crippen LogP contribution >= 0.6 is 23.6 Å². The monoisotopic (exact) mass is 299 g/mol. The Bertz CT molecular complexity index is 458. The molecule has 1 aromatic heterocycles. The summed E-state index contributed by atoms with van der Waals surface area (Å²) in [5.74, 6) is 0. The minimum Gasteiger partial charge on any atom is -0.369 e. The molecule has 4 N–H and O–H groups in total. The molecule has 7 nitrogen and oxygen atoms in total. The van der Waals surface area contributed by atoms with Gasteiger partial charge in [0.05, 0.1) is 0 Å². The Hall–Kier alpha value is -0.120. The Labute approximate surface area is 99.6 Å². The number of aliphatic hydroxyl groups is 1. The first-order valence-electron chi connectivity index (χ1n) is 4.36. The molecule has 0 bridgehead atoms. The highest BCUT2D eigenvalue weighted by Crippen LogP contribution is 2.74. The van der Waals surface area contributed by atoms with Crippen molar-refractivity contribution in [1.82, 2.24) is 4.98 Å². The van der Waals surface area contributed by atoms with E-state index in [0.717, 1.165) is 0 Å². The van der Waals surface area contributed by atoms with Gasteiger partial charge in [-0.15, -0.1) is 0 Å². The van der Waals surface area contributed by atoms with Gasteiger partial charge in [-0.2, -0.15) is 0 Å². The molecule has 0 fully saturated rings. The maximum atomic E-state index is 11.4. The van der Waals surface area contributed by atoms with Crippen molar-refractivity contribution >= 4 is 23.6 Å². The maximum Gasteiger partial charge on any atom is 0.367 e. The first-order chi connectivity index (χ1) is 7.58. The van der Waals surface area contributed by atoms with Gasteiger partial charge in [0, 0.05) is 18.8 Å². The second-order valence-electron chi connectivity index (χ2n) is 3.48. The molecule has 0 spiro atoms. The molecule has 0 amide bonds. The zero-order valence-corrected chi connectivity index (χ0v) is 11.5. The van der Waals surface area contributed by atoms with Crippen molar-refractivity contribution in [2.75, 3.05) is 0 Å². The SMILES string of the molecule is O=P(O)(O)C(O)(Cc1cccnc1)P(=O)(O)P. The summed E-state index contributed by atoms with van der Waals surface area (Å²) in [6, 6.07) is 2.93. The van der Waals surface area contributed by atoms with E-state index in [1.54, 1.807) is 0 Å². The van der Waals surface area contributed by atoms with Crippen LogP contribution in [0, 0.1) is 0 Å². The summed E-state index contributed by atoms with van der Waals surface area (Å²) in [7, 11) is -8.28. The van der Waals surface area contributed by atoms with Gasteiger partial charge in [0.15, 0.2) is 0 Å². The Morgan fingerprint density at radius 2 is 1.94 bits per heavy atom. The van der Waals surface area contributed by atoms with Crippen LogP contribution < -0.4 is 0 Å². The van der Waals surface area contributed by atoms with Crippen LogP contribution in [0.2, 0.25) is 0 Å². The lowest BCUT2D eigenvalue weighted by molar-refractivity contribution is 0.152. The van der Waals surface area contributed by atoms with E-state index in [4.69, 9.17) is 9.79 Å². The van der Waals surface area contributed by atoms with E-state index in [0.29, 0.717) is 0 Å². The number of rotatable bonds is 4. The fraction of sp³-hybridized carbons (Fsp3) is 0.286. The second kappa shape index (κ2) is 4.87. The van der Waals surface area contributed by atoms with E-state index in [1.807, 2.05) is 0 Å². The lowest BCUT2D eigenvalue weighted by Gasteiger charge is -2.30. The predicted octanol–water partition coefficient (Wildman–Crippen LogP) is 0.508. The molecule has 1 rings (SSSR count). The molecule has 1 heterocycles. The molecule has 0 aliphatic carbocycles. The van der Waals surface area contributed by atoms with E-state index in [-0.39, 0.29) is 5.56 Å². The predicted molar refractivity (Wildman–Crippen MR) is 64.5 cm³/mol. The van der Waals surface area contributed by atoms with Gasteiger partial charge in [-0.25, -0.2) is 0 Å². The van der Waals surface area contributed by atoms with Crippen LogP contribution in [0.5, 0.6) is 0 Å². The maximum absolute atomic E-state index is 11.4. The fourth-order valence-electron chi connectivity index (χ4n) is 1.18. The van der Waals surface area contributed by atoms with Crippen molar-refractivity contribution in [3.63, 3.8) is 0 Å². The number of hydrogen-bond acceptors (Lipinski definition) is 4. The number of hydrogen-bond donors (Lipinski definition) is 4. The second-order valence-corrected chi connectivity index (χ2v) is 9.75. The summed E-state index contributed by atoms with van der Waals surface area (Å²) in [6.45, 7) is 0. The van der Waals surface area contributed by atoms with E-state index in [2.05, 4.69) is 4.98 Å². The van der Waals surface area contributed by atoms with Crippen molar-refractivity contribution in [3.8, 4) is 0 Å². The Balaban J connectivity index is 3.20. The van der Waals surface area contributed by atoms with Crippen LogP contribution in [0.15, 0.2) is 24.5 Å². The molecule has 0 saturated carbocycles. The summed E-state index contributed by atoms with van der Waals surface area (Å²) in [6.07, 6.45) is 2.02. The van der Waals surface area contributed by atoms with Crippen LogP contribution in [0.25, 0.3) is 0 Å². The average molecular weight is 299 g/mol. The van der Waals surface area contributed by atoms with E-state index < -0.39 is 26.2 Å². The lowest BCUT2D eigenvalue weighted by atomic mass is 10.2. The Kier molecular flexibility index (Phi) is 4.28. The highest BCUT2D eigenvalue weighted by molar-refractivity contribution is 8.17. The topological polar surface area (TPSA) is 128 Å². The van der Waals surface area contributed by atoms with Crippen molar-refractivity contribution in [3.05, 3.63) is 30.1 Å². The van der Waals surface area contributed by atoms with Crippen molar-refractivity contribution < 1.29 is 28.9 Å². The molecule has 10 heteroatoms. The first kappa shape index (κ1) is 14.9. The molecule has 3 atom stereocenters. The van der Waals surface area contributed by atoms with Gasteiger partial charge in [-0.05, 0) is 20.6 Å². The quantitative estimate of drug-likeness (QED) is 0.596. The third kappa shape index (κ3) is 3.21. The molecule has 0 saturated heterocycles. The molecule has 0 aromatic carbocycles. The van der Waals surface area contributed by atoms with E-state index in [9.17, 15) is 19.1 Å². The molecule has 0 radical (unpaired) electrons. The molecule has 0 aliphatic rings. The van der Waals surface area contributed by atoms with Gasteiger partial charge in [0.2, 0.25) is 5.08 Å². The summed E-state index contributed by atoms with van der Waals surface area (Å²) >= 11 is 0. The van der Waals surface area contributed by atoms with Crippen LogP contribution in [0.4, 0.5) is 0 Å². The highest BCUT2D eigenvalue weighted by Gasteiger charge is 2.56. The average Bonchev–Trinajstić information content (AvgIpc) is 2.15. The first-order valence-corrected chi connectivity index (χ1v) is 9.25. The summed E-state index contributed by atoms with van der Waals surface area (Å²) in [4.78, 5) is 31.0. The highest BCUT2D eigenvalue weighted by atomic mass is 32.1. The zero-order valence-electron chi connectivity index (χ0n) is 8.54.